The van der Waals surface area contributed by atoms with Gasteiger partial charge < -0.3 is 15.2 Å². The van der Waals surface area contributed by atoms with Crippen molar-refractivity contribution in [1.29, 1.82) is 0 Å². The lowest BCUT2D eigenvalue weighted by molar-refractivity contribution is 0.355. The van der Waals surface area contributed by atoms with Crippen molar-refractivity contribution in [3.8, 4) is 22.9 Å². The highest BCUT2D eigenvalue weighted by Gasteiger charge is 2.15. The van der Waals surface area contributed by atoms with Gasteiger partial charge in [0.05, 0.1) is 24.9 Å². The largest absolute Gasteiger partial charge is 0.493 e. The average molecular weight is 298 g/mol. The molecule has 0 radical (unpaired) electrons. The van der Waals surface area contributed by atoms with Crippen molar-refractivity contribution in [2.75, 3.05) is 20.0 Å². The Balaban J connectivity index is 2.62. The summed E-state index contributed by atoms with van der Waals surface area (Å²) in [5.74, 6) is 0.270. The van der Waals surface area contributed by atoms with Gasteiger partial charge in [0.25, 0.3) is 0 Å². The van der Waals surface area contributed by atoms with E-state index >= 15 is 0 Å². The van der Waals surface area contributed by atoms with Gasteiger partial charge in [-0.1, -0.05) is 11.6 Å². The fourth-order valence-electron chi connectivity index (χ4n) is 1.76. The quantitative estimate of drug-likeness (QED) is 0.943. The molecule has 5 nitrogen and oxygen atoms in total. The van der Waals surface area contributed by atoms with Crippen molar-refractivity contribution >= 4 is 17.4 Å². The SMILES string of the molecule is COc1cc(-c2nc(C)c(F)c(N)n2)cc(Cl)c1OC. The van der Waals surface area contributed by atoms with E-state index in [1.165, 1.54) is 21.1 Å². The maximum Gasteiger partial charge on any atom is 0.186 e. The minimum absolute atomic E-state index is 0.165. The Morgan fingerprint density at radius 2 is 1.90 bits per heavy atom. The first-order chi connectivity index (χ1) is 9.47. The molecule has 1 aromatic carbocycles. The van der Waals surface area contributed by atoms with Gasteiger partial charge in [-0.25, -0.2) is 14.4 Å². The standard InChI is InChI=1S/C13H13ClFN3O2/c1-6-10(15)12(16)18-13(17-6)7-4-8(14)11(20-3)9(5-7)19-2/h4-5H,1-3H3,(H2,16,17,18). The van der Waals surface area contributed by atoms with Gasteiger partial charge in [-0.15, -0.1) is 0 Å². The summed E-state index contributed by atoms with van der Waals surface area (Å²) >= 11 is 6.11. The lowest BCUT2D eigenvalue weighted by atomic mass is 10.1. The molecule has 7 heteroatoms. The normalized spacial score (nSPS) is 10.4. The van der Waals surface area contributed by atoms with Crippen molar-refractivity contribution in [2.45, 2.75) is 6.92 Å². The maximum atomic E-state index is 13.4. The Bertz CT molecular complexity index is 641. The zero-order chi connectivity index (χ0) is 14.9. The molecule has 0 saturated carbocycles. The van der Waals surface area contributed by atoms with E-state index in [9.17, 15) is 4.39 Å². The van der Waals surface area contributed by atoms with Crippen LogP contribution in [0.4, 0.5) is 10.2 Å². The summed E-state index contributed by atoms with van der Waals surface area (Å²) in [6.45, 7) is 1.51. The number of methoxy groups -OCH3 is 2. The zero-order valence-corrected chi connectivity index (χ0v) is 12.0. The fraction of sp³-hybridized carbons (Fsp3) is 0.231. The molecule has 0 aliphatic heterocycles. The third-order valence-electron chi connectivity index (χ3n) is 2.73. The van der Waals surface area contributed by atoms with Gasteiger partial charge in [0.2, 0.25) is 0 Å². The predicted molar refractivity (Wildman–Crippen MR) is 74.7 cm³/mol. The molecule has 0 saturated heterocycles. The van der Waals surface area contributed by atoms with Crippen molar-refractivity contribution in [1.82, 2.24) is 9.97 Å². The topological polar surface area (TPSA) is 70.3 Å². The van der Waals surface area contributed by atoms with Crippen LogP contribution in [0.3, 0.4) is 0 Å². The molecule has 2 rings (SSSR count). The second-order valence-electron chi connectivity index (χ2n) is 4.03. The van der Waals surface area contributed by atoms with Crippen LogP contribution in [0.15, 0.2) is 12.1 Å². The highest BCUT2D eigenvalue weighted by atomic mass is 35.5. The van der Waals surface area contributed by atoms with E-state index in [4.69, 9.17) is 26.8 Å². The average Bonchev–Trinajstić information content (AvgIpc) is 2.43. The van der Waals surface area contributed by atoms with Crippen molar-refractivity contribution in [3.63, 3.8) is 0 Å². The van der Waals surface area contributed by atoms with Gasteiger partial charge in [-0.2, -0.15) is 0 Å². The van der Waals surface area contributed by atoms with Gasteiger partial charge >= 0.3 is 0 Å². The van der Waals surface area contributed by atoms with Crippen LogP contribution >= 0.6 is 11.6 Å². The Morgan fingerprint density at radius 3 is 2.45 bits per heavy atom. The number of benzene rings is 1. The first-order valence-electron chi connectivity index (χ1n) is 5.69. The number of nitrogens with two attached hydrogens (primary N) is 1. The molecule has 0 aliphatic rings. The molecular weight excluding hydrogens is 285 g/mol. The molecule has 0 fully saturated rings. The molecule has 1 heterocycles. The van der Waals surface area contributed by atoms with E-state index in [1.807, 2.05) is 0 Å². The van der Waals surface area contributed by atoms with E-state index < -0.39 is 5.82 Å². The number of nitrogens with zero attached hydrogens (tertiary/aromatic N) is 2. The lowest BCUT2D eigenvalue weighted by Crippen LogP contribution is -2.03. The van der Waals surface area contributed by atoms with E-state index in [0.29, 0.717) is 22.1 Å². The summed E-state index contributed by atoms with van der Waals surface area (Å²) in [7, 11) is 2.98. The van der Waals surface area contributed by atoms with Gasteiger partial charge in [0, 0.05) is 5.56 Å². The monoisotopic (exact) mass is 297 g/mol. The number of ether oxygens (including phenoxy) is 2. The minimum atomic E-state index is -0.625. The Hall–Kier alpha value is -2.08. The molecule has 0 bridgehead atoms. The molecule has 106 valence electrons. The molecular formula is C13H13ClFN3O2. The van der Waals surface area contributed by atoms with Crippen LogP contribution in [-0.4, -0.2) is 24.2 Å². The van der Waals surface area contributed by atoms with Gasteiger partial charge in [0.1, 0.15) is 0 Å². The first kappa shape index (κ1) is 14.3. The van der Waals surface area contributed by atoms with E-state index in [1.54, 1.807) is 12.1 Å². The van der Waals surface area contributed by atoms with Crippen LogP contribution in [0.2, 0.25) is 5.02 Å². The summed E-state index contributed by atoms with van der Waals surface area (Å²) in [6.07, 6.45) is 0. The van der Waals surface area contributed by atoms with Crippen molar-refractivity contribution in [3.05, 3.63) is 28.7 Å². The van der Waals surface area contributed by atoms with Gasteiger partial charge in [-0.3, -0.25) is 0 Å². The molecule has 20 heavy (non-hydrogen) atoms. The number of rotatable bonds is 3. The molecule has 0 amide bonds. The minimum Gasteiger partial charge on any atom is -0.493 e. The Kier molecular flexibility index (Phi) is 3.94. The highest BCUT2D eigenvalue weighted by Crippen LogP contribution is 2.38. The lowest BCUT2D eigenvalue weighted by Gasteiger charge is -2.12. The number of hydrogen-bond acceptors (Lipinski definition) is 5. The zero-order valence-electron chi connectivity index (χ0n) is 11.2. The smallest absolute Gasteiger partial charge is 0.186 e. The van der Waals surface area contributed by atoms with E-state index in [2.05, 4.69) is 9.97 Å². The summed E-state index contributed by atoms with van der Waals surface area (Å²) in [5, 5.41) is 0.339. The van der Waals surface area contributed by atoms with Gasteiger partial charge in [-0.05, 0) is 19.1 Å². The number of halogens is 2. The van der Waals surface area contributed by atoms with Crippen LogP contribution in [0.1, 0.15) is 5.69 Å². The molecule has 2 N–H and O–H groups in total. The van der Waals surface area contributed by atoms with E-state index in [0.717, 1.165) is 0 Å². The summed E-state index contributed by atoms with van der Waals surface area (Å²) in [6, 6.07) is 3.26. The van der Waals surface area contributed by atoms with Crippen LogP contribution < -0.4 is 15.2 Å². The number of anilines is 1. The van der Waals surface area contributed by atoms with Gasteiger partial charge in [0.15, 0.2) is 29.0 Å². The molecule has 0 atom stereocenters. The molecule has 0 spiro atoms. The van der Waals surface area contributed by atoms with Crippen LogP contribution in [-0.2, 0) is 0 Å². The van der Waals surface area contributed by atoms with Crippen LogP contribution in [0, 0.1) is 12.7 Å². The van der Waals surface area contributed by atoms with E-state index in [-0.39, 0.29) is 17.3 Å². The Morgan fingerprint density at radius 1 is 1.20 bits per heavy atom. The summed E-state index contributed by atoms with van der Waals surface area (Å²) in [5.41, 5.74) is 6.23. The molecule has 0 aliphatic carbocycles. The van der Waals surface area contributed by atoms with Crippen molar-refractivity contribution in [2.24, 2.45) is 0 Å². The number of nitrogen functional groups attached to an aromatic ring is 1. The second kappa shape index (κ2) is 5.50. The Labute approximate surface area is 120 Å². The number of aromatic nitrogens is 2. The number of aryl methyl sites for hydroxylation is 1. The van der Waals surface area contributed by atoms with Crippen LogP contribution in [0.25, 0.3) is 11.4 Å². The van der Waals surface area contributed by atoms with Crippen molar-refractivity contribution < 1.29 is 13.9 Å². The molecule has 1 aromatic heterocycles. The third-order valence-corrected chi connectivity index (χ3v) is 3.02. The maximum absolute atomic E-state index is 13.4. The summed E-state index contributed by atoms with van der Waals surface area (Å²) in [4.78, 5) is 7.97. The third kappa shape index (κ3) is 2.46. The second-order valence-corrected chi connectivity index (χ2v) is 4.43. The van der Waals surface area contributed by atoms with Crippen LogP contribution in [0.5, 0.6) is 11.5 Å². The predicted octanol–water partition coefficient (Wildman–Crippen LogP) is 2.84. The molecule has 0 unspecified atom stereocenters. The first-order valence-corrected chi connectivity index (χ1v) is 6.07. The highest BCUT2D eigenvalue weighted by molar-refractivity contribution is 6.32. The summed E-state index contributed by atoms with van der Waals surface area (Å²) < 4.78 is 23.8. The fourth-order valence-corrected chi connectivity index (χ4v) is 2.05. The molecule has 2 aromatic rings. The number of hydrogen-bond donors (Lipinski definition) is 1.